The second kappa shape index (κ2) is 4.12. The van der Waals surface area contributed by atoms with E-state index in [-0.39, 0.29) is 12.6 Å². The van der Waals surface area contributed by atoms with E-state index in [9.17, 15) is 4.79 Å². The molecule has 0 saturated heterocycles. The predicted molar refractivity (Wildman–Crippen MR) is 72.1 cm³/mol. The summed E-state index contributed by atoms with van der Waals surface area (Å²) in [6, 6.07) is 5.69. The molecule has 0 amide bonds. The normalized spacial score (nSPS) is 24.4. The van der Waals surface area contributed by atoms with Gasteiger partial charge in [0.25, 0.3) is 0 Å². The zero-order chi connectivity index (χ0) is 13.7. The fourth-order valence-electron chi connectivity index (χ4n) is 1.98. The van der Waals surface area contributed by atoms with E-state index in [1.165, 1.54) is 0 Å². The molecule has 1 fully saturated rings. The van der Waals surface area contributed by atoms with Gasteiger partial charge in [0.05, 0.1) is 5.69 Å². The van der Waals surface area contributed by atoms with Gasteiger partial charge in [0.1, 0.15) is 22.0 Å². The predicted octanol–water partition coefficient (Wildman–Crippen LogP) is 2.96. The third kappa shape index (κ3) is 2.09. The van der Waals surface area contributed by atoms with E-state index in [4.69, 9.17) is 27.9 Å². The lowest BCUT2D eigenvalue weighted by molar-refractivity contribution is -0.151. The first-order valence-corrected chi connectivity index (χ1v) is 6.66. The number of hydrogen-bond donors (Lipinski definition) is 0. The summed E-state index contributed by atoms with van der Waals surface area (Å²) in [6.07, 6.45) is 4.14. The van der Waals surface area contributed by atoms with E-state index >= 15 is 0 Å². The minimum Gasteiger partial charge on any atom is -0.459 e. The van der Waals surface area contributed by atoms with Crippen LogP contribution >= 0.6 is 23.2 Å². The molecular weight excluding hydrogens is 287 g/mol. The number of carbonyl (C=O) groups is 1. The molecule has 1 aliphatic rings. The Morgan fingerprint density at radius 1 is 1.53 bits per heavy atom. The smallest absolute Gasteiger partial charge is 0.315 e. The lowest BCUT2D eigenvalue weighted by Crippen LogP contribution is -2.21. The van der Waals surface area contributed by atoms with E-state index in [2.05, 4.69) is 4.98 Å². The lowest BCUT2D eigenvalue weighted by atomic mass is 10.1. The number of imidazole rings is 1. The van der Waals surface area contributed by atoms with Crippen LogP contribution < -0.4 is 0 Å². The van der Waals surface area contributed by atoms with Gasteiger partial charge in [0.2, 0.25) is 0 Å². The van der Waals surface area contributed by atoms with Crippen LogP contribution in [0.4, 0.5) is 0 Å². The van der Waals surface area contributed by atoms with Crippen molar-refractivity contribution >= 4 is 34.8 Å². The second-order valence-corrected chi connectivity index (χ2v) is 6.47. The van der Waals surface area contributed by atoms with E-state index < -0.39 is 9.75 Å². The first-order chi connectivity index (χ1) is 8.92. The number of esters is 1. The number of aromatic nitrogens is 2. The maximum atomic E-state index is 11.9. The Labute approximate surface area is 120 Å². The van der Waals surface area contributed by atoms with Crippen LogP contribution in [0, 0.1) is 5.41 Å². The van der Waals surface area contributed by atoms with Gasteiger partial charge in [0.15, 0.2) is 0 Å². The van der Waals surface area contributed by atoms with Gasteiger partial charge in [-0.2, -0.15) is 0 Å². The summed E-state index contributed by atoms with van der Waals surface area (Å²) < 4.78 is 6.11. The number of hydrogen-bond acceptors (Lipinski definition) is 3. The molecule has 1 aliphatic carbocycles. The maximum Gasteiger partial charge on any atom is 0.315 e. The molecule has 0 aromatic carbocycles. The van der Waals surface area contributed by atoms with Crippen molar-refractivity contribution in [1.82, 2.24) is 9.38 Å². The fraction of sp³-hybridized carbons (Fsp3) is 0.385. The highest BCUT2D eigenvalue weighted by Gasteiger charge is 2.69. The molecule has 0 aliphatic heterocycles. The molecule has 2 aromatic rings. The Hall–Kier alpha value is -1.26. The van der Waals surface area contributed by atoms with Gasteiger partial charge in [-0.05, 0) is 19.1 Å². The van der Waals surface area contributed by atoms with Gasteiger partial charge in [-0.25, -0.2) is 4.98 Å². The average molecular weight is 299 g/mol. The van der Waals surface area contributed by atoms with Gasteiger partial charge >= 0.3 is 5.97 Å². The standard InChI is InChI=1S/C13H12Cl2N2O2/c1-12(8-13(12,14)15)11(18)19-7-9-6-17-5-3-2-4-10(17)16-9/h2-6H,7-8H2,1H3. The minimum absolute atomic E-state index is 0.125. The van der Waals surface area contributed by atoms with Gasteiger partial charge in [0, 0.05) is 18.8 Å². The summed E-state index contributed by atoms with van der Waals surface area (Å²) in [5, 5.41) is 0. The minimum atomic E-state index is -0.997. The summed E-state index contributed by atoms with van der Waals surface area (Å²) in [5.41, 5.74) is 0.712. The first kappa shape index (κ1) is 12.8. The summed E-state index contributed by atoms with van der Waals surface area (Å²) in [4.78, 5) is 16.2. The van der Waals surface area contributed by atoms with Crippen LogP contribution in [0.1, 0.15) is 19.0 Å². The largest absolute Gasteiger partial charge is 0.459 e. The van der Waals surface area contributed by atoms with Crippen LogP contribution in [0.25, 0.3) is 5.65 Å². The van der Waals surface area contributed by atoms with Crippen LogP contribution in [0.3, 0.4) is 0 Å². The number of halogens is 2. The summed E-state index contributed by atoms with van der Waals surface area (Å²) in [5.74, 6) is -0.380. The highest BCUT2D eigenvalue weighted by molar-refractivity contribution is 6.53. The molecule has 0 bridgehead atoms. The molecule has 6 heteroatoms. The first-order valence-electron chi connectivity index (χ1n) is 5.90. The van der Waals surface area contributed by atoms with Crippen molar-refractivity contribution in [3.8, 4) is 0 Å². The van der Waals surface area contributed by atoms with E-state index in [1.807, 2.05) is 35.0 Å². The fourth-order valence-corrected chi connectivity index (χ4v) is 2.67. The van der Waals surface area contributed by atoms with Crippen molar-refractivity contribution < 1.29 is 9.53 Å². The number of alkyl halides is 2. The molecule has 1 saturated carbocycles. The number of rotatable bonds is 3. The third-order valence-electron chi connectivity index (χ3n) is 3.47. The molecule has 100 valence electrons. The number of nitrogens with zero attached hydrogens (tertiary/aromatic N) is 2. The molecule has 2 heterocycles. The van der Waals surface area contributed by atoms with Crippen molar-refractivity contribution in [3.05, 3.63) is 36.3 Å². The van der Waals surface area contributed by atoms with Crippen molar-refractivity contribution in [2.45, 2.75) is 24.3 Å². The van der Waals surface area contributed by atoms with E-state index in [1.54, 1.807) is 6.92 Å². The Balaban J connectivity index is 1.68. The van der Waals surface area contributed by atoms with Crippen LogP contribution in [0.15, 0.2) is 30.6 Å². The number of fused-ring (bicyclic) bond motifs is 1. The average Bonchev–Trinajstić information content (AvgIpc) is 2.75. The zero-order valence-corrected chi connectivity index (χ0v) is 11.8. The van der Waals surface area contributed by atoms with Gasteiger partial charge in [-0.15, -0.1) is 23.2 Å². The highest BCUT2D eigenvalue weighted by Crippen LogP contribution is 2.64. The number of pyridine rings is 1. The van der Waals surface area contributed by atoms with Crippen molar-refractivity contribution in [1.29, 1.82) is 0 Å². The molecule has 3 rings (SSSR count). The van der Waals surface area contributed by atoms with Gasteiger partial charge < -0.3 is 9.14 Å². The van der Waals surface area contributed by atoms with Crippen molar-refractivity contribution in [2.75, 3.05) is 0 Å². The summed E-state index contributed by atoms with van der Waals surface area (Å²) in [7, 11) is 0. The molecule has 2 aromatic heterocycles. The zero-order valence-electron chi connectivity index (χ0n) is 10.3. The quantitative estimate of drug-likeness (QED) is 0.646. The topological polar surface area (TPSA) is 43.6 Å². The summed E-state index contributed by atoms with van der Waals surface area (Å²) >= 11 is 11.9. The molecular formula is C13H12Cl2N2O2. The Morgan fingerprint density at radius 2 is 2.26 bits per heavy atom. The van der Waals surface area contributed by atoms with E-state index in [0.29, 0.717) is 12.1 Å². The number of ether oxygens (including phenoxy) is 1. The summed E-state index contributed by atoms with van der Waals surface area (Å²) in [6.45, 7) is 1.83. The SMILES string of the molecule is CC1(C(=O)OCc2cn3ccccc3n2)CC1(Cl)Cl. The van der Waals surface area contributed by atoms with Crippen LogP contribution in [-0.2, 0) is 16.1 Å². The third-order valence-corrected chi connectivity index (χ3v) is 4.57. The highest BCUT2D eigenvalue weighted by atomic mass is 35.5. The van der Waals surface area contributed by atoms with Crippen LogP contribution in [0.5, 0.6) is 0 Å². The van der Waals surface area contributed by atoms with Gasteiger partial charge in [-0.3, -0.25) is 4.79 Å². The molecule has 1 unspecified atom stereocenters. The lowest BCUT2D eigenvalue weighted by Gasteiger charge is -2.10. The molecule has 1 atom stereocenters. The number of carbonyl (C=O) groups excluding carboxylic acids is 1. The van der Waals surface area contributed by atoms with Crippen LogP contribution in [-0.4, -0.2) is 19.7 Å². The Kier molecular flexibility index (Phi) is 2.76. The van der Waals surface area contributed by atoms with E-state index in [0.717, 1.165) is 5.65 Å². The molecule has 19 heavy (non-hydrogen) atoms. The monoisotopic (exact) mass is 298 g/mol. The second-order valence-electron chi connectivity index (χ2n) is 4.99. The van der Waals surface area contributed by atoms with Crippen LogP contribution in [0.2, 0.25) is 0 Å². The molecule has 4 nitrogen and oxygen atoms in total. The molecule has 0 N–H and O–H groups in total. The Bertz CT molecular complexity index is 620. The van der Waals surface area contributed by atoms with Gasteiger partial charge in [-0.1, -0.05) is 6.07 Å². The maximum absolute atomic E-state index is 11.9. The van der Waals surface area contributed by atoms with Crippen molar-refractivity contribution in [2.24, 2.45) is 5.41 Å². The molecule has 0 radical (unpaired) electrons. The van der Waals surface area contributed by atoms with Crippen molar-refractivity contribution in [3.63, 3.8) is 0 Å². The Morgan fingerprint density at radius 3 is 2.89 bits per heavy atom. The molecule has 0 spiro atoms.